The Morgan fingerprint density at radius 2 is 1.80 bits per heavy atom. The lowest BCUT2D eigenvalue weighted by Gasteiger charge is -1.86. The smallest absolute Gasteiger partial charge is 0.0133 e. The minimum atomic E-state index is -0.555. The topological polar surface area (TPSA) is 23.1 Å². The number of hydrogen-bond donors (Lipinski definition) is 0. The molecule has 0 aliphatic carbocycles. The first-order chi connectivity index (χ1) is 2.27. The summed E-state index contributed by atoms with van der Waals surface area (Å²) in [5, 5.41) is 9.55. The lowest BCUT2D eigenvalue weighted by Crippen LogP contribution is -2.06. The van der Waals surface area contributed by atoms with Crippen molar-refractivity contribution in [2.24, 2.45) is 0 Å². The maximum Gasteiger partial charge on any atom is -0.0133 e. The van der Waals surface area contributed by atoms with Crippen molar-refractivity contribution in [3.8, 4) is 0 Å². The van der Waals surface area contributed by atoms with Gasteiger partial charge in [0.1, 0.15) is 0 Å². The summed E-state index contributed by atoms with van der Waals surface area (Å²) in [5.74, 6) is 1.02. The maximum atomic E-state index is 9.55. The Morgan fingerprint density at radius 3 is 1.80 bits per heavy atom. The Bertz CT molecular complexity index is 44.9. The average Bonchev–Trinajstić information content (AvgIpc) is 1.38. The SMILES string of the molecule is C[Si](C)=C[O-]. The molecule has 0 N–H and O–H groups in total. The molecular formula is C3H7OSi-. The molecule has 0 unspecified atom stereocenters. The first kappa shape index (κ1) is 4.89. The molecular weight excluding hydrogens is 80.1 g/mol. The van der Waals surface area contributed by atoms with E-state index in [9.17, 15) is 5.11 Å². The lowest BCUT2D eigenvalue weighted by atomic mass is 11.7. The summed E-state index contributed by atoms with van der Waals surface area (Å²) in [4.78, 5) is 0. The van der Waals surface area contributed by atoms with Crippen LogP contribution < -0.4 is 5.11 Å². The highest BCUT2D eigenvalue weighted by atomic mass is 28.2. The molecule has 0 aromatic heterocycles. The molecule has 30 valence electrons. The van der Waals surface area contributed by atoms with Crippen LogP contribution in [0.1, 0.15) is 0 Å². The van der Waals surface area contributed by atoms with Gasteiger partial charge in [0.15, 0.2) is 0 Å². The molecule has 0 heterocycles. The molecule has 0 amide bonds. The van der Waals surface area contributed by atoms with Crippen molar-refractivity contribution in [1.29, 1.82) is 0 Å². The second kappa shape index (κ2) is 2.14. The average molecular weight is 87.2 g/mol. The van der Waals surface area contributed by atoms with Crippen molar-refractivity contribution in [2.75, 3.05) is 0 Å². The van der Waals surface area contributed by atoms with Crippen molar-refractivity contribution in [3.63, 3.8) is 0 Å². The largest absolute Gasteiger partial charge is 0.881 e. The summed E-state index contributed by atoms with van der Waals surface area (Å²) in [5.41, 5.74) is 0. The Morgan fingerprint density at radius 1 is 1.60 bits per heavy atom. The summed E-state index contributed by atoms with van der Waals surface area (Å²) >= 11 is 0. The molecule has 0 saturated carbocycles. The van der Waals surface area contributed by atoms with E-state index in [4.69, 9.17) is 0 Å². The second-order valence-corrected chi connectivity index (χ2v) is 3.59. The Hall–Kier alpha value is -0.113. The van der Waals surface area contributed by atoms with Gasteiger partial charge in [-0.1, -0.05) is 13.1 Å². The summed E-state index contributed by atoms with van der Waals surface area (Å²) < 4.78 is 0. The molecule has 5 heavy (non-hydrogen) atoms. The third-order valence-electron chi connectivity index (χ3n) is 0.236. The van der Waals surface area contributed by atoms with Crippen LogP contribution in [0.15, 0.2) is 0 Å². The van der Waals surface area contributed by atoms with Gasteiger partial charge in [0.2, 0.25) is 0 Å². The quantitative estimate of drug-likeness (QED) is 0.363. The predicted molar refractivity (Wildman–Crippen MR) is 23.5 cm³/mol. The zero-order valence-electron chi connectivity index (χ0n) is 3.49. The molecule has 0 aromatic rings. The highest BCUT2D eigenvalue weighted by Gasteiger charge is 1.58. The molecule has 0 rings (SSSR count). The maximum absolute atomic E-state index is 9.55. The van der Waals surface area contributed by atoms with Crippen LogP contribution in [0.2, 0.25) is 13.1 Å². The molecule has 0 aliphatic rings. The molecule has 0 bridgehead atoms. The molecule has 0 radical (unpaired) electrons. The molecule has 0 saturated heterocycles. The third kappa shape index (κ3) is 3.89. The van der Waals surface area contributed by atoms with Crippen molar-refractivity contribution in [3.05, 3.63) is 0 Å². The van der Waals surface area contributed by atoms with Crippen LogP contribution in [0.4, 0.5) is 0 Å². The van der Waals surface area contributed by atoms with Gasteiger partial charge in [0, 0.05) is 0 Å². The van der Waals surface area contributed by atoms with Crippen LogP contribution in [0.5, 0.6) is 0 Å². The van der Waals surface area contributed by atoms with E-state index in [0.717, 1.165) is 5.86 Å². The van der Waals surface area contributed by atoms with E-state index in [1.807, 2.05) is 13.1 Å². The summed E-state index contributed by atoms with van der Waals surface area (Å²) in [6, 6.07) is 0. The lowest BCUT2D eigenvalue weighted by molar-refractivity contribution is -0.196. The minimum absolute atomic E-state index is 0.555. The standard InChI is InChI=1S/C3H8OSi/c1-5(2)3-4/h3-4H,1-2H3/p-1. The highest BCUT2D eigenvalue weighted by Crippen LogP contribution is 1.51. The van der Waals surface area contributed by atoms with E-state index in [2.05, 4.69) is 0 Å². The Kier molecular flexibility index (Phi) is 2.10. The van der Waals surface area contributed by atoms with Gasteiger partial charge in [0.25, 0.3) is 0 Å². The third-order valence-corrected chi connectivity index (χ3v) is 0.707. The summed E-state index contributed by atoms with van der Waals surface area (Å²) in [6.45, 7) is 3.91. The van der Waals surface area contributed by atoms with Gasteiger partial charge in [-0.05, 0) is 8.41 Å². The molecule has 0 fully saturated rings. The van der Waals surface area contributed by atoms with Gasteiger partial charge >= 0.3 is 0 Å². The van der Waals surface area contributed by atoms with E-state index in [1.165, 1.54) is 0 Å². The van der Waals surface area contributed by atoms with Gasteiger partial charge in [-0.25, -0.2) is 0 Å². The van der Waals surface area contributed by atoms with E-state index in [1.54, 1.807) is 0 Å². The molecule has 2 heteroatoms. The van der Waals surface area contributed by atoms with E-state index in [-0.39, 0.29) is 0 Å². The van der Waals surface area contributed by atoms with Crippen LogP contribution in [0.3, 0.4) is 0 Å². The zero-order chi connectivity index (χ0) is 4.28. The normalized spacial score (nSPS) is 6.80. The first-order valence-corrected chi connectivity index (χ1v) is 4.10. The molecule has 0 spiro atoms. The molecule has 1 nitrogen and oxygen atoms in total. The van der Waals surface area contributed by atoms with E-state index in [0.29, 0.717) is 0 Å². The van der Waals surface area contributed by atoms with Crippen molar-refractivity contribution in [1.82, 2.24) is 0 Å². The van der Waals surface area contributed by atoms with Gasteiger partial charge in [-0.15, -0.1) is 0 Å². The fourth-order valence-corrected chi connectivity index (χ4v) is 0. The van der Waals surface area contributed by atoms with Crippen LogP contribution in [0, 0.1) is 0 Å². The predicted octanol–water partition coefficient (Wildman–Crippen LogP) is -0.558. The number of rotatable bonds is 0. The van der Waals surface area contributed by atoms with Crippen LogP contribution in [-0.4, -0.2) is 14.3 Å². The minimum Gasteiger partial charge on any atom is -0.881 e. The Labute approximate surface area is 33.5 Å². The van der Waals surface area contributed by atoms with E-state index >= 15 is 0 Å². The fourth-order valence-electron chi connectivity index (χ4n) is 0. The van der Waals surface area contributed by atoms with Crippen LogP contribution >= 0.6 is 0 Å². The van der Waals surface area contributed by atoms with Gasteiger partial charge in [0.05, 0.1) is 0 Å². The van der Waals surface area contributed by atoms with Crippen LogP contribution in [-0.2, 0) is 0 Å². The van der Waals surface area contributed by atoms with Crippen molar-refractivity contribution in [2.45, 2.75) is 13.1 Å². The van der Waals surface area contributed by atoms with Gasteiger partial charge < -0.3 is 5.11 Å². The molecule has 0 aromatic carbocycles. The van der Waals surface area contributed by atoms with Crippen LogP contribution in [0.25, 0.3) is 0 Å². The monoisotopic (exact) mass is 87.0 g/mol. The van der Waals surface area contributed by atoms with Crippen molar-refractivity contribution >= 4 is 14.3 Å². The molecule has 0 aliphatic heterocycles. The first-order valence-electron chi connectivity index (χ1n) is 1.52. The fraction of sp³-hybridized carbons (Fsp3) is 0.667. The number of hydrogen-bond acceptors (Lipinski definition) is 1. The van der Waals surface area contributed by atoms with Gasteiger partial charge in [-0.2, -0.15) is 5.86 Å². The van der Waals surface area contributed by atoms with Crippen molar-refractivity contribution < 1.29 is 5.11 Å². The highest BCUT2D eigenvalue weighted by molar-refractivity contribution is 6.61. The molecule has 0 atom stereocenters. The zero-order valence-corrected chi connectivity index (χ0v) is 4.49. The Balaban J connectivity index is 3.14. The van der Waals surface area contributed by atoms with Gasteiger partial charge in [-0.3, -0.25) is 0 Å². The summed E-state index contributed by atoms with van der Waals surface area (Å²) in [7, 11) is -0.555. The summed E-state index contributed by atoms with van der Waals surface area (Å²) in [6.07, 6.45) is 0. The van der Waals surface area contributed by atoms with E-state index < -0.39 is 8.41 Å². The second-order valence-electron chi connectivity index (χ2n) is 1.20.